The van der Waals surface area contributed by atoms with E-state index in [0.717, 1.165) is 11.0 Å². The lowest BCUT2D eigenvalue weighted by Gasteiger charge is -2.02. The van der Waals surface area contributed by atoms with Gasteiger partial charge in [0.15, 0.2) is 0 Å². The van der Waals surface area contributed by atoms with Crippen molar-refractivity contribution in [3.63, 3.8) is 0 Å². The van der Waals surface area contributed by atoms with Crippen molar-refractivity contribution in [3.8, 4) is 0 Å². The molecule has 0 N–H and O–H groups in total. The van der Waals surface area contributed by atoms with Gasteiger partial charge < -0.3 is 0 Å². The minimum absolute atomic E-state index is 0.777. The molecule has 0 unspecified atom stereocenters. The Kier molecular flexibility index (Phi) is 9.52. The van der Waals surface area contributed by atoms with E-state index in [1.165, 1.54) is 6.42 Å². The number of rotatable bonds is 6. The molecule has 0 saturated heterocycles. The van der Waals surface area contributed by atoms with Crippen LogP contribution in [0.15, 0.2) is 11.5 Å². The Balaban J connectivity index is 3.12. The monoisotopic (exact) mass is 208 g/mol. The van der Waals surface area contributed by atoms with Gasteiger partial charge in [0.2, 0.25) is 0 Å². The molecule has 0 spiro atoms. The summed E-state index contributed by atoms with van der Waals surface area (Å²) >= 11 is 1.86. The topological polar surface area (TPSA) is 0 Å². The van der Waals surface area contributed by atoms with Crippen LogP contribution in [-0.4, -0.2) is 17.3 Å². The van der Waals surface area contributed by atoms with Gasteiger partial charge in [-0.05, 0) is 18.1 Å². The lowest BCUT2D eigenvalue weighted by atomic mass is 10.4. The van der Waals surface area contributed by atoms with Crippen LogP contribution in [0.4, 0.5) is 0 Å². The number of thioether (sulfide) groups is 1. The highest BCUT2D eigenvalue weighted by atomic mass is 33.1. The third-order valence-corrected chi connectivity index (χ3v) is 4.46. The molecular weight excluding hydrogens is 192 g/mol. The molecule has 0 nitrogen and oxygen atoms in total. The summed E-state index contributed by atoms with van der Waals surface area (Å²) in [4.78, 5) is 0. The molecule has 0 aromatic heterocycles. The van der Waals surface area contributed by atoms with Crippen LogP contribution in [0.3, 0.4) is 0 Å². The van der Waals surface area contributed by atoms with Crippen molar-refractivity contribution in [1.82, 2.24) is 0 Å². The second-order valence-electron chi connectivity index (χ2n) is 2.24. The summed E-state index contributed by atoms with van der Waals surface area (Å²) in [6.45, 7) is 4.49. The van der Waals surface area contributed by atoms with Gasteiger partial charge in [-0.15, -0.1) is 0 Å². The summed E-state index contributed by atoms with van der Waals surface area (Å²) in [6.07, 6.45) is 5.59. The van der Waals surface area contributed by atoms with Crippen LogP contribution in [0, 0.1) is 0 Å². The molecule has 0 amide bonds. The van der Waals surface area contributed by atoms with Crippen molar-refractivity contribution in [2.24, 2.45) is 0 Å². The predicted octanol–water partition coefficient (Wildman–Crippen LogP) is 4.04. The SMILES string of the molecule is CC[C@@H](C)SS/C=C/CSC. The van der Waals surface area contributed by atoms with Gasteiger partial charge in [0.1, 0.15) is 0 Å². The fourth-order valence-electron chi connectivity index (χ4n) is 0.370. The summed E-state index contributed by atoms with van der Waals surface area (Å²) in [7, 11) is 3.80. The maximum Gasteiger partial charge on any atom is 0.0123 e. The van der Waals surface area contributed by atoms with Crippen LogP contribution < -0.4 is 0 Å². The minimum Gasteiger partial charge on any atom is -0.161 e. The van der Waals surface area contributed by atoms with E-state index in [1.807, 2.05) is 33.3 Å². The van der Waals surface area contributed by atoms with Gasteiger partial charge in [0.25, 0.3) is 0 Å². The third kappa shape index (κ3) is 8.70. The summed E-state index contributed by atoms with van der Waals surface area (Å²) in [6, 6.07) is 0. The van der Waals surface area contributed by atoms with Gasteiger partial charge in [-0.2, -0.15) is 11.8 Å². The van der Waals surface area contributed by atoms with Crippen LogP contribution in [0.2, 0.25) is 0 Å². The molecule has 0 aromatic rings. The lowest BCUT2D eigenvalue weighted by molar-refractivity contribution is 0.912. The smallest absolute Gasteiger partial charge is 0.0123 e. The van der Waals surface area contributed by atoms with Gasteiger partial charge in [-0.25, -0.2) is 0 Å². The quantitative estimate of drug-likeness (QED) is 0.605. The van der Waals surface area contributed by atoms with E-state index >= 15 is 0 Å². The van der Waals surface area contributed by atoms with Crippen molar-refractivity contribution >= 4 is 33.3 Å². The van der Waals surface area contributed by atoms with E-state index in [9.17, 15) is 0 Å². The molecule has 0 aliphatic rings. The van der Waals surface area contributed by atoms with Crippen LogP contribution >= 0.6 is 33.3 Å². The van der Waals surface area contributed by atoms with Crippen LogP contribution in [-0.2, 0) is 0 Å². The Morgan fingerprint density at radius 3 is 2.73 bits per heavy atom. The fourth-order valence-corrected chi connectivity index (χ4v) is 2.75. The summed E-state index contributed by atoms with van der Waals surface area (Å²) < 4.78 is 0. The maximum atomic E-state index is 2.26. The molecule has 0 saturated carbocycles. The maximum absolute atomic E-state index is 2.26. The molecule has 0 heterocycles. The van der Waals surface area contributed by atoms with Crippen molar-refractivity contribution < 1.29 is 0 Å². The first-order valence-electron chi connectivity index (χ1n) is 3.77. The zero-order valence-electron chi connectivity index (χ0n) is 7.37. The van der Waals surface area contributed by atoms with Gasteiger partial charge in [-0.3, -0.25) is 0 Å². The average molecular weight is 208 g/mol. The summed E-state index contributed by atoms with van der Waals surface area (Å²) in [5.74, 6) is 1.13. The molecule has 0 bridgehead atoms. The first-order chi connectivity index (χ1) is 5.31. The second kappa shape index (κ2) is 8.88. The van der Waals surface area contributed by atoms with E-state index in [2.05, 4.69) is 31.6 Å². The Bertz CT molecular complexity index is 102. The van der Waals surface area contributed by atoms with Crippen molar-refractivity contribution in [3.05, 3.63) is 11.5 Å². The molecule has 0 radical (unpaired) electrons. The van der Waals surface area contributed by atoms with E-state index in [4.69, 9.17) is 0 Å². The predicted molar refractivity (Wildman–Crippen MR) is 62.5 cm³/mol. The Hall–Kier alpha value is 0.790. The molecule has 0 rings (SSSR count). The van der Waals surface area contributed by atoms with Crippen molar-refractivity contribution in [2.45, 2.75) is 25.5 Å². The first-order valence-corrected chi connectivity index (χ1v) is 7.44. The number of hydrogen-bond donors (Lipinski definition) is 0. The van der Waals surface area contributed by atoms with E-state index < -0.39 is 0 Å². The van der Waals surface area contributed by atoms with Gasteiger partial charge in [0.05, 0.1) is 0 Å². The molecular formula is C8H16S3. The van der Waals surface area contributed by atoms with Crippen LogP contribution in [0.25, 0.3) is 0 Å². The van der Waals surface area contributed by atoms with Crippen molar-refractivity contribution in [1.29, 1.82) is 0 Å². The summed E-state index contributed by atoms with van der Waals surface area (Å²) in [5.41, 5.74) is 0. The third-order valence-electron chi connectivity index (χ3n) is 1.21. The Labute approximate surface area is 82.4 Å². The Morgan fingerprint density at radius 1 is 1.45 bits per heavy atom. The van der Waals surface area contributed by atoms with E-state index in [-0.39, 0.29) is 0 Å². The van der Waals surface area contributed by atoms with Crippen molar-refractivity contribution in [2.75, 3.05) is 12.0 Å². The number of hydrogen-bond acceptors (Lipinski definition) is 3. The summed E-state index contributed by atoms with van der Waals surface area (Å²) in [5, 5.41) is 2.96. The molecule has 0 aromatic carbocycles. The molecule has 0 aliphatic heterocycles. The molecule has 3 heteroatoms. The molecule has 66 valence electrons. The highest BCUT2D eigenvalue weighted by Crippen LogP contribution is 2.29. The van der Waals surface area contributed by atoms with Gasteiger partial charge >= 0.3 is 0 Å². The lowest BCUT2D eigenvalue weighted by Crippen LogP contribution is -1.87. The average Bonchev–Trinajstić information content (AvgIpc) is 2.04. The second-order valence-corrected chi connectivity index (χ2v) is 5.77. The van der Waals surface area contributed by atoms with E-state index in [1.54, 1.807) is 0 Å². The fraction of sp³-hybridized carbons (Fsp3) is 0.750. The molecule has 0 fully saturated rings. The Morgan fingerprint density at radius 2 is 2.18 bits per heavy atom. The van der Waals surface area contributed by atoms with Gasteiger partial charge in [-0.1, -0.05) is 41.5 Å². The van der Waals surface area contributed by atoms with Crippen LogP contribution in [0.1, 0.15) is 20.3 Å². The molecule has 11 heavy (non-hydrogen) atoms. The van der Waals surface area contributed by atoms with E-state index in [0.29, 0.717) is 0 Å². The first kappa shape index (κ1) is 11.8. The van der Waals surface area contributed by atoms with Gasteiger partial charge in [0, 0.05) is 11.0 Å². The largest absolute Gasteiger partial charge is 0.161 e. The molecule has 0 aliphatic carbocycles. The standard InChI is InChI=1S/C8H16S3/c1-4-8(2)11-10-7-5-6-9-3/h5,7-8H,4,6H2,1-3H3/b7-5+/t8-/m1/s1. The zero-order chi connectivity index (χ0) is 8.53. The zero-order valence-corrected chi connectivity index (χ0v) is 9.82. The minimum atomic E-state index is 0.777. The van der Waals surface area contributed by atoms with Crippen LogP contribution in [0.5, 0.6) is 0 Å². The highest BCUT2D eigenvalue weighted by molar-refractivity contribution is 8.78. The highest BCUT2D eigenvalue weighted by Gasteiger charge is 1.95. The molecule has 1 atom stereocenters. The normalized spacial score (nSPS) is 14.1.